The Balaban J connectivity index is 0. The standard InChI is InChI=1S/C11H19N3OS.2ClH/c1-8(2)11-14-9(7-16-11)10(15)13-6-4-5-12-3;;/h7-8,12H,4-6H2,1-3H3,(H,13,15);2*1H. The largest absolute Gasteiger partial charge is 0.351 e. The smallest absolute Gasteiger partial charge is 0.270 e. The van der Waals surface area contributed by atoms with E-state index in [9.17, 15) is 4.79 Å². The van der Waals surface area contributed by atoms with Gasteiger partial charge in [-0.15, -0.1) is 36.2 Å². The van der Waals surface area contributed by atoms with Crippen LogP contribution >= 0.6 is 36.2 Å². The van der Waals surface area contributed by atoms with Gasteiger partial charge in [0.25, 0.3) is 5.91 Å². The average Bonchev–Trinajstić information content (AvgIpc) is 2.73. The first kappa shape index (κ1) is 20.0. The van der Waals surface area contributed by atoms with Crippen LogP contribution in [-0.2, 0) is 0 Å². The minimum absolute atomic E-state index is 0. The topological polar surface area (TPSA) is 54.0 Å². The molecule has 0 aliphatic rings. The Kier molecular flexibility index (Phi) is 11.7. The highest BCUT2D eigenvalue weighted by molar-refractivity contribution is 7.09. The van der Waals surface area contributed by atoms with Crippen molar-refractivity contribution in [1.29, 1.82) is 0 Å². The quantitative estimate of drug-likeness (QED) is 0.793. The number of nitrogens with zero attached hydrogens (tertiary/aromatic N) is 1. The number of halogens is 2. The predicted octanol–water partition coefficient (Wildman–Crippen LogP) is 2.45. The highest BCUT2D eigenvalue weighted by Crippen LogP contribution is 2.18. The lowest BCUT2D eigenvalue weighted by Crippen LogP contribution is -2.26. The summed E-state index contributed by atoms with van der Waals surface area (Å²) in [5.41, 5.74) is 0.540. The van der Waals surface area contributed by atoms with Gasteiger partial charge in [0.2, 0.25) is 0 Å². The normalized spacial score (nSPS) is 9.56. The fourth-order valence-corrected chi connectivity index (χ4v) is 2.03. The van der Waals surface area contributed by atoms with Gasteiger partial charge in [0, 0.05) is 17.8 Å². The van der Waals surface area contributed by atoms with E-state index in [4.69, 9.17) is 0 Å². The maximum atomic E-state index is 11.7. The summed E-state index contributed by atoms with van der Waals surface area (Å²) in [5.74, 6) is 0.315. The van der Waals surface area contributed by atoms with E-state index < -0.39 is 0 Å². The third-order valence-electron chi connectivity index (χ3n) is 2.14. The van der Waals surface area contributed by atoms with Gasteiger partial charge in [0.05, 0.1) is 5.01 Å². The van der Waals surface area contributed by atoms with Crippen molar-refractivity contribution in [3.63, 3.8) is 0 Å². The Bertz CT molecular complexity index is 345. The van der Waals surface area contributed by atoms with E-state index in [2.05, 4.69) is 29.5 Å². The van der Waals surface area contributed by atoms with Crippen LogP contribution < -0.4 is 10.6 Å². The third kappa shape index (κ3) is 6.54. The van der Waals surface area contributed by atoms with Crippen molar-refractivity contribution < 1.29 is 4.79 Å². The first-order valence-corrected chi connectivity index (χ1v) is 6.41. The molecule has 0 fully saturated rings. The predicted molar refractivity (Wildman–Crippen MR) is 81.6 cm³/mol. The third-order valence-corrected chi connectivity index (χ3v) is 3.28. The summed E-state index contributed by atoms with van der Waals surface area (Å²) in [6.45, 7) is 5.75. The van der Waals surface area contributed by atoms with Gasteiger partial charge < -0.3 is 10.6 Å². The molecular formula is C11H21Cl2N3OS. The molecule has 0 aliphatic carbocycles. The second kappa shape index (κ2) is 10.6. The van der Waals surface area contributed by atoms with Crippen LogP contribution in [0.5, 0.6) is 0 Å². The molecule has 1 amide bonds. The molecule has 0 saturated heterocycles. The fraction of sp³-hybridized carbons (Fsp3) is 0.636. The van der Waals surface area contributed by atoms with Crippen LogP contribution in [0.2, 0.25) is 0 Å². The molecule has 0 radical (unpaired) electrons. The zero-order chi connectivity index (χ0) is 12.0. The molecule has 7 heteroatoms. The molecule has 0 atom stereocenters. The van der Waals surface area contributed by atoms with Crippen molar-refractivity contribution in [3.8, 4) is 0 Å². The van der Waals surface area contributed by atoms with Crippen LogP contribution in [0.25, 0.3) is 0 Å². The van der Waals surface area contributed by atoms with Gasteiger partial charge in [-0.25, -0.2) is 4.98 Å². The number of hydrogen-bond acceptors (Lipinski definition) is 4. The number of amides is 1. The van der Waals surface area contributed by atoms with Gasteiger partial charge >= 0.3 is 0 Å². The zero-order valence-corrected chi connectivity index (χ0v) is 13.3. The molecule has 0 aromatic carbocycles. The van der Waals surface area contributed by atoms with Crippen LogP contribution in [0.15, 0.2) is 5.38 Å². The van der Waals surface area contributed by atoms with Gasteiger partial charge in [-0.05, 0) is 20.0 Å². The summed E-state index contributed by atoms with van der Waals surface area (Å²) >= 11 is 1.55. The number of thiazole rings is 1. The van der Waals surface area contributed by atoms with Crippen LogP contribution in [0, 0.1) is 0 Å². The van der Waals surface area contributed by atoms with E-state index in [1.807, 2.05) is 12.4 Å². The minimum Gasteiger partial charge on any atom is -0.351 e. The summed E-state index contributed by atoms with van der Waals surface area (Å²) in [5, 5.41) is 8.72. The van der Waals surface area contributed by atoms with E-state index in [1.54, 1.807) is 11.3 Å². The maximum absolute atomic E-state index is 11.7. The molecule has 4 nitrogen and oxygen atoms in total. The minimum atomic E-state index is -0.0701. The highest BCUT2D eigenvalue weighted by Gasteiger charge is 2.11. The summed E-state index contributed by atoms with van der Waals surface area (Å²) in [6, 6.07) is 0. The molecule has 0 unspecified atom stereocenters. The van der Waals surface area contributed by atoms with Crippen LogP contribution in [-0.4, -0.2) is 31.0 Å². The Hall–Kier alpha value is -0.360. The summed E-state index contributed by atoms with van der Waals surface area (Å²) in [6.07, 6.45) is 0.934. The van der Waals surface area contributed by atoms with Crippen molar-refractivity contribution in [2.45, 2.75) is 26.2 Å². The zero-order valence-electron chi connectivity index (χ0n) is 10.9. The van der Waals surface area contributed by atoms with Gasteiger partial charge in [0.15, 0.2) is 0 Å². The maximum Gasteiger partial charge on any atom is 0.270 e. The average molecular weight is 314 g/mol. The second-order valence-electron chi connectivity index (χ2n) is 3.94. The Morgan fingerprint density at radius 3 is 2.56 bits per heavy atom. The number of carbonyl (C=O) groups is 1. The molecule has 0 bridgehead atoms. The van der Waals surface area contributed by atoms with Crippen molar-refractivity contribution in [2.75, 3.05) is 20.1 Å². The van der Waals surface area contributed by atoms with Crippen molar-refractivity contribution in [2.24, 2.45) is 0 Å². The first-order chi connectivity index (χ1) is 7.65. The molecule has 0 spiro atoms. The van der Waals surface area contributed by atoms with E-state index >= 15 is 0 Å². The van der Waals surface area contributed by atoms with Crippen LogP contribution in [0.3, 0.4) is 0 Å². The highest BCUT2D eigenvalue weighted by atomic mass is 35.5. The monoisotopic (exact) mass is 313 g/mol. The van der Waals surface area contributed by atoms with Gasteiger partial charge in [0.1, 0.15) is 5.69 Å². The SMILES string of the molecule is CNCCCNC(=O)c1csc(C(C)C)n1.Cl.Cl. The molecular weight excluding hydrogens is 293 g/mol. The van der Waals surface area contributed by atoms with E-state index in [0.29, 0.717) is 18.2 Å². The summed E-state index contributed by atoms with van der Waals surface area (Å²) in [7, 11) is 1.90. The van der Waals surface area contributed by atoms with E-state index in [-0.39, 0.29) is 30.7 Å². The Labute approximate surface area is 125 Å². The van der Waals surface area contributed by atoms with E-state index in [0.717, 1.165) is 18.0 Å². The second-order valence-corrected chi connectivity index (χ2v) is 4.83. The molecule has 1 rings (SSSR count). The molecule has 0 saturated carbocycles. The van der Waals surface area contributed by atoms with Crippen molar-refractivity contribution in [1.82, 2.24) is 15.6 Å². The lowest BCUT2D eigenvalue weighted by Gasteiger charge is -2.02. The molecule has 1 heterocycles. The molecule has 1 aromatic heterocycles. The number of rotatable bonds is 6. The summed E-state index contributed by atoms with van der Waals surface area (Å²) < 4.78 is 0. The number of carbonyl (C=O) groups excluding carboxylic acids is 1. The lowest BCUT2D eigenvalue weighted by molar-refractivity contribution is 0.0949. The van der Waals surface area contributed by atoms with Gasteiger partial charge in [-0.1, -0.05) is 13.8 Å². The number of aromatic nitrogens is 1. The summed E-state index contributed by atoms with van der Waals surface area (Å²) in [4.78, 5) is 16.0. The number of nitrogens with one attached hydrogen (secondary N) is 2. The van der Waals surface area contributed by atoms with E-state index in [1.165, 1.54) is 0 Å². The molecule has 18 heavy (non-hydrogen) atoms. The lowest BCUT2D eigenvalue weighted by atomic mass is 10.2. The van der Waals surface area contributed by atoms with Crippen molar-refractivity contribution >= 4 is 42.1 Å². The fourth-order valence-electron chi connectivity index (χ4n) is 1.21. The van der Waals surface area contributed by atoms with Gasteiger partial charge in [-0.3, -0.25) is 4.79 Å². The van der Waals surface area contributed by atoms with Gasteiger partial charge in [-0.2, -0.15) is 0 Å². The Morgan fingerprint density at radius 1 is 1.39 bits per heavy atom. The van der Waals surface area contributed by atoms with Crippen LogP contribution in [0.1, 0.15) is 41.7 Å². The van der Waals surface area contributed by atoms with Crippen molar-refractivity contribution in [3.05, 3.63) is 16.1 Å². The Morgan fingerprint density at radius 2 is 2.06 bits per heavy atom. The molecule has 106 valence electrons. The number of hydrogen-bond donors (Lipinski definition) is 2. The first-order valence-electron chi connectivity index (χ1n) is 5.53. The molecule has 0 aliphatic heterocycles. The van der Waals surface area contributed by atoms with Crippen LogP contribution in [0.4, 0.5) is 0 Å². The molecule has 2 N–H and O–H groups in total. The molecule has 1 aromatic rings.